The molecule has 372 valence electrons. The standard InChI is InChI=1S/C46H74O19/c1-41(2)11-12-46(40(59)65-38-34(57)31(54)25(17-48)61-38)21(13-41)20-7-8-27-42(3)14-22(50)36(58)43(4,19-49)26(42)9-10-44(27,5)45(20,6)15-28(46)63-39-35(32(55)30(53)24(16-47)62-39)64-37-33(56)29(52)23(51)18-60-37/h7,21-39,47-58H,8-19H2,1-6H3/t21-,22-,23+,24+,25+,26+,27+,28+,29+,30+,31-,32-,33-,34+,35+,36-,37-,38-,39-,42-,43-,44+,45+,46+/m0/s1. The maximum atomic E-state index is 15.5. The highest BCUT2D eigenvalue weighted by Crippen LogP contribution is 2.76. The summed E-state index contributed by atoms with van der Waals surface area (Å²) in [5.74, 6) is -1.67. The van der Waals surface area contributed by atoms with Crippen molar-refractivity contribution in [2.45, 2.75) is 191 Å². The molecule has 19 heteroatoms. The largest absolute Gasteiger partial charge is 0.432 e. The lowest BCUT2D eigenvalue weighted by molar-refractivity contribution is -0.370. The van der Waals surface area contributed by atoms with Crippen LogP contribution in [-0.4, -0.2) is 192 Å². The van der Waals surface area contributed by atoms with Crippen LogP contribution in [-0.2, 0) is 33.2 Å². The molecule has 19 nitrogen and oxygen atoms in total. The normalized spacial score (nSPS) is 55.2. The van der Waals surface area contributed by atoms with Crippen molar-refractivity contribution in [3.05, 3.63) is 11.6 Å². The summed E-state index contributed by atoms with van der Waals surface area (Å²) in [4.78, 5) is 15.5. The van der Waals surface area contributed by atoms with Crippen LogP contribution in [0.1, 0.15) is 92.9 Å². The maximum Gasteiger partial charge on any atom is 0.317 e. The number of aliphatic hydroxyl groups excluding tert-OH is 12. The molecule has 3 heterocycles. The summed E-state index contributed by atoms with van der Waals surface area (Å²) in [6, 6.07) is 0. The molecule has 0 aromatic rings. The van der Waals surface area contributed by atoms with Crippen LogP contribution < -0.4 is 0 Å². The van der Waals surface area contributed by atoms with E-state index in [-0.39, 0.29) is 36.7 Å². The van der Waals surface area contributed by atoms with Crippen LogP contribution in [0, 0.1) is 50.2 Å². The van der Waals surface area contributed by atoms with Crippen molar-refractivity contribution in [3.63, 3.8) is 0 Å². The van der Waals surface area contributed by atoms with Crippen molar-refractivity contribution in [3.8, 4) is 0 Å². The third-order valence-corrected chi connectivity index (χ3v) is 18.7. The second-order valence-corrected chi connectivity index (χ2v) is 22.6. The minimum absolute atomic E-state index is 0.101. The summed E-state index contributed by atoms with van der Waals surface area (Å²) in [6.07, 6.45) is -19.0. The fraction of sp³-hybridized carbons (Fsp3) is 0.935. The van der Waals surface area contributed by atoms with Crippen LogP contribution in [0.15, 0.2) is 11.6 Å². The van der Waals surface area contributed by atoms with E-state index in [1.165, 1.54) is 0 Å². The third-order valence-electron chi connectivity index (χ3n) is 18.7. The third kappa shape index (κ3) is 7.52. The van der Waals surface area contributed by atoms with Crippen LogP contribution in [0.2, 0.25) is 0 Å². The quantitative estimate of drug-likeness (QED) is 0.0909. The maximum absolute atomic E-state index is 15.5. The van der Waals surface area contributed by atoms with E-state index >= 15 is 4.79 Å². The molecule has 4 saturated carbocycles. The number of fused-ring (bicyclic) bond motifs is 7. The van der Waals surface area contributed by atoms with Crippen LogP contribution in [0.5, 0.6) is 0 Å². The van der Waals surface area contributed by atoms with E-state index in [0.717, 1.165) is 5.57 Å². The first-order valence-corrected chi connectivity index (χ1v) is 23.5. The van der Waals surface area contributed by atoms with Crippen LogP contribution in [0.25, 0.3) is 0 Å². The number of esters is 1. The van der Waals surface area contributed by atoms with Gasteiger partial charge >= 0.3 is 5.97 Å². The molecule has 8 rings (SSSR count). The number of ether oxygens (including phenoxy) is 6. The van der Waals surface area contributed by atoms with Crippen LogP contribution in [0.3, 0.4) is 0 Å². The van der Waals surface area contributed by atoms with E-state index in [9.17, 15) is 61.3 Å². The number of carbonyl (C=O) groups is 1. The summed E-state index contributed by atoms with van der Waals surface area (Å²) in [7, 11) is 0. The number of hydrogen-bond acceptors (Lipinski definition) is 19. The van der Waals surface area contributed by atoms with E-state index in [1.807, 2.05) is 6.92 Å². The Balaban J connectivity index is 1.25. The SMILES string of the molecule is CC1(C)CC[C@]2(C(=O)O[C@@H]3O[C@H](CO)[C@H](O)[C@H]3O)[C@H](O[C@@H]3O[C@H](CO)[C@@H](O)[C@H](O)[C@H]3O[C@@H]3OC[C@@H](O)[C@@H](O)[C@@H]3O)C[C@]3(C)C(=CC[C@@H]4[C@@]5(C)C[C@H](O)[C@H](O)[C@@](C)(CO)[C@@H]5CC[C@]43C)[C@@H]2C1. The van der Waals surface area contributed by atoms with Gasteiger partial charge in [0.2, 0.25) is 6.29 Å². The van der Waals surface area contributed by atoms with Gasteiger partial charge < -0.3 is 89.7 Å². The lowest BCUT2D eigenvalue weighted by atomic mass is 9.33. The molecule has 0 unspecified atom stereocenters. The first-order valence-electron chi connectivity index (χ1n) is 23.5. The van der Waals surface area contributed by atoms with Crippen molar-refractivity contribution in [1.29, 1.82) is 0 Å². The van der Waals surface area contributed by atoms with Crippen LogP contribution >= 0.6 is 0 Å². The Morgan fingerprint density at radius 3 is 1.97 bits per heavy atom. The van der Waals surface area contributed by atoms with Gasteiger partial charge in [0.15, 0.2) is 12.6 Å². The number of rotatable bonds is 9. The summed E-state index contributed by atoms with van der Waals surface area (Å²) in [5, 5.41) is 130. The Morgan fingerprint density at radius 2 is 1.32 bits per heavy atom. The molecular weight excluding hydrogens is 856 g/mol. The van der Waals surface area contributed by atoms with Gasteiger partial charge in [0.05, 0.1) is 44.7 Å². The highest BCUT2D eigenvalue weighted by Gasteiger charge is 2.73. The first-order chi connectivity index (χ1) is 30.4. The van der Waals surface area contributed by atoms with E-state index < -0.39 is 157 Å². The second kappa shape index (κ2) is 17.4. The Kier molecular flexibility index (Phi) is 13.4. The molecule has 0 bridgehead atoms. The summed E-state index contributed by atoms with van der Waals surface area (Å²) < 4.78 is 36.7. The number of allylic oxidation sites excluding steroid dienone is 2. The minimum Gasteiger partial charge on any atom is -0.432 e. The molecule has 0 aromatic carbocycles. The molecule has 0 aromatic heterocycles. The van der Waals surface area contributed by atoms with Gasteiger partial charge in [-0.3, -0.25) is 4.79 Å². The van der Waals surface area contributed by atoms with E-state index in [0.29, 0.717) is 38.5 Å². The molecule has 12 N–H and O–H groups in total. The molecule has 3 saturated heterocycles. The zero-order chi connectivity index (χ0) is 47.6. The van der Waals surface area contributed by atoms with Gasteiger partial charge in [0, 0.05) is 5.41 Å². The topological polar surface area (TPSA) is 315 Å². The molecule has 8 aliphatic rings. The van der Waals surface area contributed by atoms with Crippen molar-refractivity contribution in [2.24, 2.45) is 50.2 Å². The van der Waals surface area contributed by atoms with E-state index in [2.05, 4.69) is 40.7 Å². The second-order valence-electron chi connectivity index (χ2n) is 22.6. The average molecular weight is 931 g/mol. The van der Waals surface area contributed by atoms with Crippen molar-refractivity contribution >= 4 is 5.97 Å². The van der Waals surface area contributed by atoms with Gasteiger partial charge in [0.25, 0.3) is 0 Å². The molecule has 24 atom stereocenters. The fourth-order valence-corrected chi connectivity index (χ4v) is 14.7. The monoisotopic (exact) mass is 930 g/mol. The fourth-order valence-electron chi connectivity index (χ4n) is 14.7. The highest BCUT2D eigenvalue weighted by molar-refractivity contribution is 5.80. The average Bonchev–Trinajstić information content (AvgIpc) is 3.52. The predicted octanol–water partition coefficient (Wildman–Crippen LogP) is -1.67. The summed E-state index contributed by atoms with van der Waals surface area (Å²) in [5.41, 5.74) is -3.81. The molecule has 3 aliphatic heterocycles. The van der Waals surface area contributed by atoms with Gasteiger partial charge in [0.1, 0.15) is 66.5 Å². The molecular formula is C46H74O19. The summed E-state index contributed by atoms with van der Waals surface area (Å²) >= 11 is 0. The Labute approximate surface area is 379 Å². The van der Waals surface area contributed by atoms with Crippen LogP contribution in [0.4, 0.5) is 0 Å². The molecule has 7 fully saturated rings. The van der Waals surface area contributed by atoms with Crippen molar-refractivity contribution in [2.75, 3.05) is 26.4 Å². The number of aliphatic hydroxyl groups is 12. The number of carbonyl (C=O) groups excluding carboxylic acids is 1. The molecule has 0 amide bonds. The highest BCUT2D eigenvalue weighted by atomic mass is 16.8. The lowest BCUT2D eigenvalue weighted by Crippen LogP contribution is -2.70. The molecule has 0 radical (unpaired) electrons. The molecule has 0 spiro atoms. The van der Waals surface area contributed by atoms with Gasteiger partial charge in [-0.1, -0.05) is 53.2 Å². The van der Waals surface area contributed by atoms with Gasteiger partial charge in [-0.05, 0) is 90.8 Å². The van der Waals surface area contributed by atoms with Gasteiger partial charge in [-0.25, -0.2) is 0 Å². The van der Waals surface area contributed by atoms with Gasteiger partial charge in [-0.15, -0.1) is 0 Å². The minimum atomic E-state index is -1.84. The van der Waals surface area contributed by atoms with Crippen molar-refractivity contribution in [1.82, 2.24) is 0 Å². The van der Waals surface area contributed by atoms with E-state index in [4.69, 9.17) is 28.4 Å². The Bertz CT molecular complexity index is 1780. The summed E-state index contributed by atoms with van der Waals surface area (Å²) in [6.45, 7) is 10.4. The molecule has 65 heavy (non-hydrogen) atoms. The van der Waals surface area contributed by atoms with Gasteiger partial charge in [-0.2, -0.15) is 0 Å². The zero-order valence-corrected chi connectivity index (χ0v) is 38.3. The Hall–Kier alpha value is -1.47. The van der Waals surface area contributed by atoms with E-state index in [1.54, 1.807) is 0 Å². The Morgan fingerprint density at radius 1 is 0.692 bits per heavy atom. The predicted molar refractivity (Wildman–Crippen MR) is 222 cm³/mol. The number of hydrogen-bond donors (Lipinski definition) is 12. The lowest BCUT2D eigenvalue weighted by Gasteiger charge is -2.72. The smallest absolute Gasteiger partial charge is 0.317 e. The zero-order valence-electron chi connectivity index (χ0n) is 38.3. The first kappa shape index (κ1) is 49.9. The molecule has 5 aliphatic carbocycles. The van der Waals surface area contributed by atoms with Crippen molar-refractivity contribution < 1.29 is 94.5 Å².